The van der Waals surface area contributed by atoms with Crippen LogP contribution in [0, 0.1) is 0 Å². The summed E-state index contributed by atoms with van der Waals surface area (Å²) in [5.41, 5.74) is 2.10. The third kappa shape index (κ3) is 3.96. The molecule has 4 nitrogen and oxygen atoms in total. The molecule has 0 spiro atoms. The highest BCUT2D eigenvalue weighted by molar-refractivity contribution is 5.40. The minimum atomic E-state index is -0.0879. The minimum Gasteiger partial charge on any atom is -0.508 e. The number of phenols is 3. The first-order valence-corrected chi connectivity index (χ1v) is 8.07. The van der Waals surface area contributed by atoms with Gasteiger partial charge in [0.05, 0.1) is 12.2 Å². The standard InChI is InChI=1S/C19H22O4/c20-15-8-6-14(7-9-15)19-3-1-2-16(23-19)10-4-13-5-11-17(21)18(22)12-13/h5-9,11-12,16,19-22H,1-4,10H2. The minimum absolute atomic E-state index is 0.0750. The highest BCUT2D eigenvalue weighted by atomic mass is 16.5. The van der Waals surface area contributed by atoms with Crippen LogP contribution in [0.4, 0.5) is 0 Å². The van der Waals surface area contributed by atoms with Gasteiger partial charge in [-0.1, -0.05) is 18.2 Å². The first kappa shape index (κ1) is 15.7. The first-order chi connectivity index (χ1) is 11.1. The van der Waals surface area contributed by atoms with Crippen molar-refractivity contribution in [2.45, 2.75) is 44.3 Å². The van der Waals surface area contributed by atoms with Crippen LogP contribution in [0.25, 0.3) is 0 Å². The lowest BCUT2D eigenvalue weighted by atomic mass is 9.95. The van der Waals surface area contributed by atoms with Gasteiger partial charge in [-0.2, -0.15) is 0 Å². The van der Waals surface area contributed by atoms with Gasteiger partial charge in [-0.3, -0.25) is 0 Å². The molecule has 2 atom stereocenters. The predicted molar refractivity (Wildman–Crippen MR) is 87.7 cm³/mol. The summed E-state index contributed by atoms with van der Waals surface area (Å²) in [6.45, 7) is 0. The summed E-state index contributed by atoms with van der Waals surface area (Å²) in [6.07, 6.45) is 5.14. The average molecular weight is 314 g/mol. The summed E-state index contributed by atoms with van der Waals surface area (Å²) in [5, 5.41) is 28.3. The van der Waals surface area contributed by atoms with Crippen molar-refractivity contribution in [1.82, 2.24) is 0 Å². The molecule has 1 aliphatic heterocycles. The van der Waals surface area contributed by atoms with Crippen molar-refractivity contribution in [1.29, 1.82) is 0 Å². The van der Waals surface area contributed by atoms with E-state index < -0.39 is 0 Å². The third-order valence-corrected chi connectivity index (χ3v) is 4.41. The van der Waals surface area contributed by atoms with Crippen LogP contribution in [0.2, 0.25) is 0 Å². The zero-order chi connectivity index (χ0) is 16.2. The van der Waals surface area contributed by atoms with E-state index >= 15 is 0 Å². The number of hydrogen-bond donors (Lipinski definition) is 3. The molecule has 1 aliphatic rings. The lowest BCUT2D eigenvalue weighted by Crippen LogP contribution is -2.23. The molecule has 1 fully saturated rings. The fourth-order valence-electron chi connectivity index (χ4n) is 3.10. The summed E-state index contributed by atoms with van der Waals surface area (Å²) in [5.74, 6) is 0.109. The lowest BCUT2D eigenvalue weighted by Gasteiger charge is -2.30. The van der Waals surface area contributed by atoms with E-state index in [1.165, 1.54) is 6.07 Å². The molecular formula is C19H22O4. The van der Waals surface area contributed by atoms with Crippen molar-refractivity contribution in [3.05, 3.63) is 53.6 Å². The molecule has 0 saturated carbocycles. The Bertz CT molecular complexity index is 651. The van der Waals surface area contributed by atoms with E-state index in [1.807, 2.05) is 18.2 Å². The van der Waals surface area contributed by atoms with Gasteiger partial charge < -0.3 is 20.1 Å². The number of benzene rings is 2. The molecule has 122 valence electrons. The molecule has 1 heterocycles. The van der Waals surface area contributed by atoms with Gasteiger partial charge in [0.15, 0.2) is 11.5 Å². The van der Waals surface area contributed by atoms with Gasteiger partial charge in [-0.05, 0) is 67.5 Å². The number of phenolic OH excluding ortho intramolecular Hbond substituents is 3. The van der Waals surface area contributed by atoms with E-state index in [-0.39, 0.29) is 29.5 Å². The zero-order valence-corrected chi connectivity index (χ0v) is 13.0. The highest BCUT2D eigenvalue weighted by Gasteiger charge is 2.23. The Balaban J connectivity index is 1.58. The van der Waals surface area contributed by atoms with Gasteiger partial charge >= 0.3 is 0 Å². The summed E-state index contributed by atoms with van der Waals surface area (Å²) >= 11 is 0. The van der Waals surface area contributed by atoms with E-state index in [0.717, 1.165) is 43.2 Å². The van der Waals surface area contributed by atoms with E-state index in [9.17, 15) is 15.3 Å². The maximum absolute atomic E-state index is 9.55. The monoisotopic (exact) mass is 314 g/mol. The topological polar surface area (TPSA) is 69.9 Å². The van der Waals surface area contributed by atoms with Gasteiger partial charge in [0.1, 0.15) is 5.75 Å². The number of aromatic hydroxyl groups is 3. The number of rotatable bonds is 4. The molecule has 0 bridgehead atoms. The molecule has 1 saturated heterocycles. The Labute approximate surface area is 136 Å². The summed E-state index contributed by atoms with van der Waals surface area (Å²) in [4.78, 5) is 0. The molecule has 23 heavy (non-hydrogen) atoms. The predicted octanol–water partition coefficient (Wildman–Crippen LogP) is 4.05. The van der Waals surface area contributed by atoms with E-state index in [4.69, 9.17) is 4.74 Å². The van der Waals surface area contributed by atoms with Gasteiger partial charge in [-0.25, -0.2) is 0 Å². The quantitative estimate of drug-likeness (QED) is 0.745. The zero-order valence-electron chi connectivity index (χ0n) is 13.0. The van der Waals surface area contributed by atoms with Crippen molar-refractivity contribution < 1.29 is 20.1 Å². The van der Waals surface area contributed by atoms with E-state index in [2.05, 4.69) is 0 Å². The maximum Gasteiger partial charge on any atom is 0.157 e. The second-order valence-corrected chi connectivity index (χ2v) is 6.13. The van der Waals surface area contributed by atoms with E-state index in [0.29, 0.717) is 0 Å². The van der Waals surface area contributed by atoms with Gasteiger partial charge in [0, 0.05) is 0 Å². The fraction of sp³-hybridized carbons (Fsp3) is 0.368. The Morgan fingerprint density at radius 3 is 2.43 bits per heavy atom. The third-order valence-electron chi connectivity index (χ3n) is 4.41. The Hall–Kier alpha value is -2.20. The highest BCUT2D eigenvalue weighted by Crippen LogP contribution is 2.34. The van der Waals surface area contributed by atoms with Crippen LogP contribution in [-0.4, -0.2) is 21.4 Å². The summed E-state index contributed by atoms with van der Waals surface area (Å²) in [7, 11) is 0. The van der Waals surface area contributed by atoms with Crippen molar-refractivity contribution in [3.63, 3.8) is 0 Å². The van der Waals surface area contributed by atoms with Crippen LogP contribution < -0.4 is 0 Å². The second kappa shape index (κ2) is 6.92. The molecule has 0 aromatic heterocycles. The number of aryl methyl sites for hydroxylation is 1. The molecule has 2 unspecified atom stereocenters. The van der Waals surface area contributed by atoms with Crippen LogP contribution in [0.1, 0.15) is 42.9 Å². The Kier molecular flexibility index (Phi) is 4.72. The van der Waals surface area contributed by atoms with Crippen LogP contribution in [0.5, 0.6) is 17.2 Å². The maximum atomic E-state index is 9.55. The van der Waals surface area contributed by atoms with Crippen molar-refractivity contribution in [3.8, 4) is 17.2 Å². The SMILES string of the molecule is Oc1ccc(C2CCCC(CCc3ccc(O)c(O)c3)O2)cc1. The molecule has 0 radical (unpaired) electrons. The van der Waals surface area contributed by atoms with Crippen LogP contribution in [-0.2, 0) is 11.2 Å². The summed E-state index contributed by atoms with van der Waals surface area (Å²) < 4.78 is 6.19. The smallest absolute Gasteiger partial charge is 0.157 e. The molecule has 3 rings (SSSR count). The average Bonchev–Trinajstić information content (AvgIpc) is 2.57. The molecule has 4 heteroatoms. The largest absolute Gasteiger partial charge is 0.508 e. The first-order valence-electron chi connectivity index (χ1n) is 8.07. The van der Waals surface area contributed by atoms with Gasteiger partial charge in [0.25, 0.3) is 0 Å². The molecule has 2 aromatic carbocycles. The fourth-order valence-corrected chi connectivity index (χ4v) is 3.10. The van der Waals surface area contributed by atoms with E-state index in [1.54, 1.807) is 18.2 Å². The Morgan fingerprint density at radius 2 is 1.70 bits per heavy atom. The van der Waals surface area contributed by atoms with Gasteiger partial charge in [-0.15, -0.1) is 0 Å². The number of ether oxygens (including phenoxy) is 1. The van der Waals surface area contributed by atoms with Crippen molar-refractivity contribution >= 4 is 0 Å². The molecule has 0 aliphatic carbocycles. The van der Waals surface area contributed by atoms with Crippen LogP contribution in [0.15, 0.2) is 42.5 Å². The molecular weight excluding hydrogens is 292 g/mol. The molecule has 0 amide bonds. The van der Waals surface area contributed by atoms with Crippen LogP contribution in [0.3, 0.4) is 0 Å². The molecule has 2 aromatic rings. The van der Waals surface area contributed by atoms with Gasteiger partial charge in [0.2, 0.25) is 0 Å². The summed E-state index contributed by atoms with van der Waals surface area (Å²) in [6, 6.07) is 12.2. The Morgan fingerprint density at radius 1 is 0.913 bits per heavy atom. The van der Waals surface area contributed by atoms with Crippen molar-refractivity contribution in [2.24, 2.45) is 0 Å². The normalized spacial score (nSPS) is 21.2. The second-order valence-electron chi connectivity index (χ2n) is 6.13. The van der Waals surface area contributed by atoms with Crippen molar-refractivity contribution in [2.75, 3.05) is 0 Å². The van der Waals surface area contributed by atoms with Crippen LogP contribution >= 0.6 is 0 Å². The molecule has 3 N–H and O–H groups in total. The lowest BCUT2D eigenvalue weighted by molar-refractivity contribution is -0.0546. The number of hydrogen-bond acceptors (Lipinski definition) is 4.